The molecule has 182 valence electrons. The van der Waals surface area contributed by atoms with Gasteiger partial charge >= 0.3 is 0 Å². The van der Waals surface area contributed by atoms with Gasteiger partial charge in [-0.05, 0) is 49.4 Å². The Morgan fingerprint density at radius 2 is 2.19 bits per heavy atom. The van der Waals surface area contributed by atoms with Gasteiger partial charge in [0.1, 0.15) is 24.0 Å². The van der Waals surface area contributed by atoms with E-state index in [0.717, 1.165) is 41.7 Å². The number of pyridine rings is 1. The number of para-hydroxylation sites is 1. The van der Waals surface area contributed by atoms with Crippen molar-refractivity contribution in [3.63, 3.8) is 0 Å². The number of nitrogens with zero attached hydrogens (tertiary/aromatic N) is 3. The number of aromatic nitrogens is 4. The molecule has 2 aliphatic rings. The van der Waals surface area contributed by atoms with Crippen LogP contribution in [0.1, 0.15) is 57.7 Å². The molecule has 1 amide bonds. The number of hydrogen-bond acceptors (Lipinski definition) is 4. The van der Waals surface area contributed by atoms with Crippen LogP contribution < -0.4 is 5.32 Å². The van der Waals surface area contributed by atoms with Gasteiger partial charge in [0.15, 0.2) is 0 Å². The maximum atomic E-state index is 14.2. The van der Waals surface area contributed by atoms with Crippen molar-refractivity contribution in [1.82, 2.24) is 24.8 Å². The summed E-state index contributed by atoms with van der Waals surface area (Å²) in [5.74, 6) is 5.93. The predicted octanol–water partition coefficient (Wildman–Crippen LogP) is 4.01. The number of carbonyl (C=O) groups excluding carboxylic acids is 1. The van der Waals surface area contributed by atoms with Crippen molar-refractivity contribution in [3.8, 4) is 11.8 Å². The molecule has 3 aromatic heterocycles. The normalized spacial score (nSPS) is 19.6. The van der Waals surface area contributed by atoms with Crippen LogP contribution in [0, 0.1) is 18.8 Å². The van der Waals surface area contributed by atoms with Crippen molar-refractivity contribution in [2.45, 2.75) is 51.0 Å². The molecule has 1 fully saturated rings. The molecule has 0 spiro atoms. The van der Waals surface area contributed by atoms with Gasteiger partial charge in [0.25, 0.3) is 5.91 Å². The molecule has 8 heteroatoms. The Morgan fingerprint density at radius 3 is 3.03 bits per heavy atom. The Morgan fingerprint density at radius 1 is 1.31 bits per heavy atom. The van der Waals surface area contributed by atoms with Gasteiger partial charge in [0.05, 0.1) is 18.6 Å². The number of alkyl halides is 1. The fourth-order valence-electron chi connectivity index (χ4n) is 4.99. The number of rotatable bonds is 4. The number of halogens is 1. The molecule has 0 radical (unpaired) electrons. The first-order valence-corrected chi connectivity index (χ1v) is 12.2. The third kappa shape index (κ3) is 4.38. The first-order valence-electron chi connectivity index (χ1n) is 12.2. The van der Waals surface area contributed by atoms with E-state index in [-0.39, 0.29) is 30.7 Å². The second-order valence-corrected chi connectivity index (χ2v) is 9.40. The molecule has 1 unspecified atom stereocenters. The number of nitrogens with one attached hydrogen (secondary N) is 2. The highest BCUT2D eigenvalue weighted by Gasteiger charge is 2.31. The molecule has 0 bridgehead atoms. The second kappa shape index (κ2) is 9.25. The van der Waals surface area contributed by atoms with Crippen LogP contribution in [-0.2, 0) is 17.7 Å². The van der Waals surface area contributed by atoms with Crippen molar-refractivity contribution in [2.75, 3.05) is 6.61 Å². The Balaban J connectivity index is 1.34. The zero-order chi connectivity index (χ0) is 24.6. The highest BCUT2D eigenvalue weighted by Crippen LogP contribution is 2.30. The van der Waals surface area contributed by atoms with Crippen LogP contribution >= 0.6 is 0 Å². The summed E-state index contributed by atoms with van der Waals surface area (Å²) in [7, 11) is 0. The highest BCUT2D eigenvalue weighted by atomic mass is 19.1. The molecule has 5 heterocycles. The maximum absolute atomic E-state index is 14.2. The molecule has 0 saturated carbocycles. The van der Waals surface area contributed by atoms with E-state index < -0.39 is 12.2 Å². The standard InChI is InChI=1S/C28H26FN5O2/c1-17-11-18(8-9-21-6-4-10-36-21)12-24(31-17)28(35)33-26(23-13-19-5-2-3-7-22(19)32-23)27-25-14-20(29)15-34(25)16-30-27/h2-3,5,7,11-13,16,20-21,26,32H,4,6,10,14-15H2,1H3,(H,33,35)/t20-,21-,26?/m1/s1. The third-order valence-corrected chi connectivity index (χ3v) is 6.69. The van der Waals surface area contributed by atoms with E-state index in [2.05, 4.69) is 32.1 Å². The van der Waals surface area contributed by atoms with Gasteiger partial charge in [-0.1, -0.05) is 30.0 Å². The summed E-state index contributed by atoms with van der Waals surface area (Å²) in [4.78, 5) is 25.9. The Kier molecular flexibility index (Phi) is 5.78. The Hall–Kier alpha value is -3.96. The largest absolute Gasteiger partial charge is 0.366 e. The number of aromatic amines is 1. The topological polar surface area (TPSA) is 84.8 Å². The minimum atomic E-state index is -0.954. The van der Waals surface area contributed by atoms with E-state index in [1.807, 2.05) is 47.9 Å². The van der Waals surface area contributed by atoms with Crippen LogP contribution in [0.2, 0.25) is 0 Å². The number of H-pyrrole nitrogens is 1. The molecule has 1 aromatic carbocycles. The number of benzene rings is 1. The van der Waals surface area contributed by atoms with E-state index in [1.54, 1.807) is 12.4 Å². The molecule has 0 aliphatic carbocycles. The summed E-state index contributed by atoms with van der Waals surface area (Å²) >= 11 is 0. The summed E-state index contributed by atoms with van der Waals surface area (Å²) < 4.78 is 21.6. The minimum absolute atomic E-state index is 0.0653. The Labute approximate surface area is 208 Å². The van der Waals surface area contributed by atoms with Gasteiger partial charge in [-0.2, -0.15) is 0 Å². The van der Waals surface area contributed by atoms with E-state index >= 15 is 0 Å². The second-order valence-electron chi connectivity index (χ2n) is 9.40. The van der Waals surface area contributed by atoms with E-state index in [4.69, 9.17) is 4.74 Å². The average Bonchev–Trinajstić information content (AvgIpc) is 3.65. The molecular formula is C28H26FN5O2. The number of aryl methyl sites for hydroxylation is 1. The summed E-state index contributed by atoms with van der Waals surface area (Å²) in [6.45, 7) is 2.85. The molecule has 3 atom stereocenters. The zero-order valence-corrected chi connectivity index (χ0v) is 19.9. The summed E-state index contributed by atoms with van der Waals surface area (Å²) in [6.07, 6.45) is 2.83. The summed E-state index contributed by atoms with van der Waals surface area (Å²) in [5, 5.41) is 4.13. The number of amides is 1. The van der Waals surface area contributed by atoms with Crippen LogP contribution in [0.25, 0.3) is 10.9 Å². The quantitative estimate of drug-likeness (QED) is 0.430. The minimum Gasteiger partial charge on any atom is -0.366 e. The molecule has 6 rings (SSSR count). The smallest absolute Gasteiger partial charge is 0.270 e. The van der Waals surface area contributed by atoms with Crippen molar-refractivity contribution in [3.05, 3.63) is 82.8 Å². The molecule has 7 nitrogen and oxygen atoms in total. The lowest BCUT2D eigenvalue weighted by Gasteiger charge is -2.17. The maximum Gasteiger partial charge on any atom is 0.270 e. The lowest BCUT2D eigenvalue weighted by molar-refractivity contribution is 0.0936. The lowest BCUT2D eigenvalue weighted by atomic mass is 10.1. The van der Waals surface area contributed by atoms with Gasteiger partial charge in [0, 0.05) is 41.2 Å². The van der Waals surface area contributed by atoms with Crippen molar-refractivity contribution >= 4 is 16.8 Å². The summed E-state index contributed by atoms with van der Waals surface area (Å²) in [5.41, 5.74) is 4.85. The summed E-state index contributed by atoms with van der Waals surface area (Å²) in [6, 6.07) is 12.9. The van der Waals surface area contributed by atoms with Crippen molar-refractivity contribution < 1.29 is 13.9 Å². The van der Waals surface area contributed by atoms with Gasteiger partial charge in [-0.3, -0.25) is 4.79 Å². The first kappa shape index (κ1) is 22.5. The average molecular weight is 484 g/mol. The van der Waals surface area contributed by atoms with Crippen LogP contribution in [0.4, 0.5) is 4.39 Å². The van der Waals surface area contributed by atoms with Crippen molar-refractivity contribution in [1.29, 1.82) is 0 Å². The Bertz CT molecular complexity index is 1470. The van der Waals surface area contributed by atoms with Crippen LogP contribution in [0.5, 0.6) is 0 Å². The third-order valence-electron chi connectivity index (χ3n) is 6.69. The molecule has 2 aliphatic heterocycles. The molecule has 1 saturated heterocycles. The number of ether oxygens (including phenoxy) is 1. The number of fused-ring (bicyclic) bond motifs is 2. The number of hydrogen-bond donors (Lipinski definition) is 2. The molecule has 2 N–H and O–H groups in total. The molecule has 4 aromatic rings. The molecular weight excluding hydrogens is 457 g/mol. The fourth-order valence-corrected chi connectivity index (χ4v) is 4.99. The SMILES string of the molecule is Cc1cc(C#C[C@H]2CCCO2)cc(C(=O)NC(c2cc3ccccc3[nH]2)c2ncn3c2C[C@@H](F)C3)n1. The first-order chi connectivity index (χ1) is 17.5. The fraction of sp³-hybridized carbons (Fsp3) is 0.321. The van der Waals surface area contributed by atoms with Gasteiger partial charge in [-0.25, -0.2) is 14.4 Å². The lowest BCUT2D eigenvalue weighted by Crippen LogP contribution is -2.31. The highest BCUT2D eigenvalue weighted by molar-refractivity contribution is 5.93. The van der Waals surface area contributed by atoms with Crippen LogP contribution in [0.15, 0.2) is 48.8 Å². The van der Waals surface area contributed by atoms with Gasteiger partial charge in [-0.15, -0.1) is 0 Å². The number of carbonyl (C=O) groups is 1. The van der Waals surface area contributed by atoms with Gasteiger partial charge in [0.2, 0.25) is 0 Å². The molecule has 36 heavy (non-hydrogen) atoms. The van der Waals surface area contributed by atoms with Crippen molar-refractivity contribution in [2.24, 2.45) is 0 Å². The van der Waals surface area contributed by atoms with E-state index in [9.17, 15) is 9.18 Å². The van der Waals surface area contributed by atoms with Gasteiger partial charge < -0.3 is 19.6 Å². The van der Waals surface area contributed by atoms with E-state index in [0.29, 0.717) is 17.0 Å². The predicted molar refractivity (Wildman–Crippen MR) is 133 cm³/mol. The van der Waals surface area contributed by atoms with Crippen LogP contribution in [-0.4, -0.2) is 44.3 Å². The van der Waals surface area contributed by atoms with Crippen LogP contribution in [0.3, 0.4) is 0 Å². The zero-order valence-electron chi connectivity index (χ0n) is 19.9. The number of imidazole rings is 1. The van der Waals surface area contributed by atoms with E-state index in [1.165, 1.54) is 0 Å². The monoisotopic (exact) mass is 483 g/mol.